The molecule has 0 radical (unpaired) electrons. The minimum Gasteiger partial charge on any atom is -0.490 e. The van der Waals surface area contributed by atoms with Gasteiger partial charge in [-0.05, 0) is 37.3 Å². The number of hydrogen-bond acceptors (Lipinski definition) is 6. The second-order valence-corrected chi connectivity index (χ2v) is 9.47. The van der Waals surface area contributed by atoms with Crippen LogP contribution in [0.2, 0.25) is 5.02 Å². The van der Waals surface area contributed by atoms with Gasteiger partial charge in [0.2, 0.25) is 0 Å². The molecule has 2 aromatic carbocycles. The Hall–Kier alpha value is -2.84. The lowest BCUT2D eigenvalue weighted by Crippen LogP contribution is -2.46. The van der Waals surface area contributed by atoms with Gasteiger partial charge in [0.05, 0.1) is 18.7 Å². The minimum absolute atomic E-state index is 0.0696. The number of ether oxygens (including phenoxy) is 1. The van der Waals surface area contributed by atoms with Gasteiger partial charge >= 0.3 is 5.97 Å². The molecule has 4 rings (SSSR count). The number of carbonyl (C=O) groups is 1. The van der Waals surface area contributed by atoms with E-state index < -0.39 is 11.8 Å². The first-order chi connectivity index (χ1) is 15.9. The smallest absolute Gasteiger partial charge is 0.307 e. The quantitative estimate of drug-likeness (QED) is 0.489. The highest BCUT2D eigenvalue weighted by Gasteiger charge is 2.21. The third-order valence-corrected chi connectivity index (χ3v) is 6.93. The van der Waals surface area contributed by atoms with Crippen molar-refractivity contribution in [2.75, 3.05) is 42.6 Å². The van der Waals surface area contributed by atoms with Gasteiger partial charge in [0.25, 0.3) is 0 Å². The number of aryl methyl sites for hydroxylation is 1. The van der Waals surface area contributed by atoms with Gasteiger partial charge in [-0.15, -0.1) is 11.3 Å². The average molecular weight is 490 g/mol. The Kier molecular flexibility index (Phi) is 7.35. The Labute approximate surface area is 201 Å². The Morgan fingerprint density at radius 3 is 2.55 bits per heavy atom. The van der Waals surface area contributed by atoms with E-state index in [9.17, 15) is 9.18 Å². The van der Waals surface area contributed by atoms with Crippen LogP contribution < -0.4 is 14.5 Å². The maximum Gasteiger partial charge on any atom is 0.307 e. The molecule has 0 aliphatic carbocycles. The highest BCUT2D eigenvalue weighted by molar-refractivity contribution is 7.15. The zero-order valence-electron chi connectivity index (χ0n) is 18.3. The SMILES string of the molecule is Cc1sc(N2CCN(c3ccc(Cl)cc3)CC2)nc1CCOc1cccc(CC(=O)O)c1F. The molecule has 1 N–H and O–H groups in total. The van der Waals surface area contributed by atoms with Crippen LogP contribution in [0.3, 0.4) is 0 Å². The molecule has 0 bridgehead atoms. The lowest BCUT2D eigenvalue weighted by molar-refractivity contribution is -0.136. The number of thiazole rings is 1. The van der Waals surface area contributed by atoms with Crippen LogP contribution in [0.1, 0.15) is 16.1 Å². The number of rotatable bonds is 8. The van der Waals surface area contributed by atoms with Crippen molar-refractivity contribution in [3.05, 3.63) is 69.4 Å². The van der Waals surface area contributed by atoms with Crippen molar-refractivity contribution in [2.24, 2.45) is 0 Å². The second-order valence-electron chi connectivity index (χ2n) is 7.85. The second kappa shape index (κ2) is 10.4. The molecule has 0 atom stereocenters. The highest BCUT2D eigenvalue weighted by Crippen LogP contribution is 2.29. The lowest BCUT2D eigenvalue weighted by Gasteiger charge is -2.36. The number of aliphatic carboxylic acids is 1. The van der Waals surface area contributed by atoms with E-state index in [2.05, 4.69) is 9.80 Å². The molecule has 6 nitrogen and oxygen atoms in total. The first-order valence-electron chi connectivity index (χ1n) is 10.7. The molecule has 1 saturated heterocycles. The van der Waals surface area contributed by atoms with E-state index in [-0.39, 0.29) is 24.3 Å². The van der Waals surface area contributed by atoms with E-state index in [1.54, 1.807) is 17.4 Å². The van der Waals surface area contributed by atoms with E-state index in [0.29, 0.717) is 6.42 Å². The molecule has 1 fully saturated rings. The number of anilines is 2. The van der Waals surface area contributed by atoms with Crippen molar-refractivity contribution >= 4 is 39.7 Å². The molecule has 0 amide bonds. The Balaban J connectivity index is 1.32. The van der Waals surface area contributed by atoms with E-state index in [1.165, 1.54) is 17.8 Å². The van der Waals surface area contributed by atoms with Gasteiger partial charge in [-0.3, -0.25) is 4.79 Å². The van der Waals surface area contributed by atoms with Crippen LogP contribution in [-0.4, -0.2) is 48.8 Å². The summed E-state index contributed by atoms with van der Waals surface area (Å²) in [6.45, 7) is 5.88. The molecule has 33 heavy (non-hydrogen) atoms. The first kappa shape index (κ1) is 23.3. The summed E-state index contributed by atoms with van der Waals surface area (Å²) < 4.78 is 20.1. The molecule has 0 unspecified atom stereocenters. The van der Waals surface area contributed by atoms with E-state index in [0.717, 1.165) is 46.9 Å². The lowest BCUT2D eigenvalue weighted by atomic mass is 10.1. The number of benzene rings is 2. The Morgan fingerprint density at radius 1 is 1.15 bits per heavy atom. The molecule has 174 valence electrons. The van der Waals surface area contributed by atoms with Crippen molar-refractivity contribution in [1.82, 2.24) is 4.98 Å². The third kappa shape index (κ3) is 5.75. The standard InChI is InChI=1S/C24H25ClFN3O3S/c1-16-20(9-14-32-21-4-2-3-17(23(21)26)15-22(30)31)27-24(33-16)29-12-10-28(11-13-29)19-7-5-18(25)6-8-19/h2-8H,9-15H2,1H3,(H,30,31). The van der Waals surface area contributed by atoms with Crippen molar-refractivity contribution in [3.8, 4) is 5.75 Å². The average Bonchev–Trinajstić information content (AvgIpc) is 3.17. The topological polar surface area (TPSA) is 65.9 Å². The van der Waals surface area contributed by atoms with Gasteiger partial charge in [-0.1, -0.05) is 23.7 Å². The van der Waals surface area contributed by atoms with E-state index >= 15 is 0 Å². The van der Waals surface area contributed by atoms with Crippen LogP contribution in [0.15, 0.2) is 42.5 Å². The van der Waals surface area contributed by atoms with Gasteiger partial charge in [-0.2, -0.15) is 0 Å². The third-order valence-electron chi connectivity index (χ3n) is 5.60. The van der Waals surface area contributed by atoms with Crippen molar-refractivity contribution in [3.63, 3.8) is 0 Å². The summed E-state index contributed by atoms with van der Waals surface area (Å²) in [7, 11) is 0. The fourth-order valence-corrected chi connectivity index (χ4v) is 4.95. The van der Waals surface area contributed by atoms with Gasteiger partial charge in [0, 0.05) is 53.8 Å². The Morgan fingerprint density at radius 2 is 1.85 bits per heavy atom. The summed E-state index contributed by atoms with van der Waals surface area (Å²) in [5.41, 5.74) is 2.23. The predicted octanol–water partition coefficient (Wildman–Crippen LogP) is 4.82. The molecule has 0 spiro atoms. The number of aromatic nitrogens is 1. The van der Waals surface area contributed by atoms with Gasteiger partial charge in [0.15, 0.2) is 16.7 Å². The number of halogens is 2. The van der Waals surface area contributed by atoms with Gasteiger partial charge in [-0.25, -0.2) is 9.37 Å². The highest BCUT2D eigenvalue weighted by atomic mass is 35.5. The van der Waals surface area contributed by atoms with Crippen LogP contribution in [-0.2, 0) is 17.6 Å². The summed E-state index contributed by atoms with van der Waals surface area (Å²) in [6, 6.07) is 12.5. The number of hydrogen-bond donors (Lipinski definition) is 1. The van der Waals surface area contributed by atoms with Crippen molar-refractivity contribution < 1.29 is 19.0 Å². The van der Waals surface area contributed by atoms with E-state index in [4.69, 9.17) is 26.4 Å². The molecular weight excluding hydrogens is 465 g/mol. The maximum absolute atomic E-state index is 14.4. The predicted molar refractivity (Wildman–Crippen MR) is 130 cm³/mol. The summed E-state index contributed by atoms with van der Waals surface area (Å²) in [4.78, 5) is 21.4. The van der Waals surface area contributed by atoms with Gasteiger partial charge in [0.1, 0.15) is 0 Å². The van der Waals surface area contributed by atoms with Crippen LogP contribution in [0, 0.1) is 12.7 Å². The van der Waals surface area contributed by atoms with Gasteiger partial charge < -0.3 is 19.6 Å². The van der Waals surface area contributed by atoms with Crippen LogP contribution in [0.25, 0.3) is 0 Å². The van der Waals surface area contributed by atoms with Crippen molar-refractivity contribution in [1.29, 1.82) is 0 Å². The molecule has 1 aliphatic heterocycles. The van der Waals surface area contributed by atoms with Crippen LogP contribution >= 0.6 is 22.9 Å². The van der Waals surface area contributed by atoms with Crippen LogP contribution in [0.4, 0.5) is 15.2 Å². The molecule has 0 saturated carbocycles. The minimum atomic E-state index is -1.08. The maximum atomic E-state index is 14.4. The summed E-state index contributed by atoms with van der Waals surface area (Å²) in [5, 5.41) is 10.6. The normalized spacial score (nSPS) is 13.9. The molecule has 9 heteroatoms. The molecule has 2 heterocycles. The van der Waals surface area contributed by atoms with E-state index in [1.807, 2.05) is 31.2 Å². The number of nitrogens with zero attached hydrogens (tertiary/aromatic N) is 3. The largest absolute Gasteiger partial charge is 0.490 e. The zero-order valence-corrected chi connectivity index (χ0v) is 19.8. The first-order valence-corrected chi connectivity index (χ1v) is 11.9. The summed E-state index contributed by atoms with van der Waals surface area (Å²) in [5.74, 6) is -1.62. The monoisotopic (exact) mass is 489 g/mol. The summed E-state index contributed by atoms with van der Waals surface area (Å²) in [6.07, 6.45) is 0.179. The molecule has 1 aliphatic rings. The van der Waals surface area contributed by atoms with Crippen molar-refractivity contribution in [2.45, 2.75) is 19.8 Å². The number of carboxylic acids is 1. The number of carboxylic acid groups (broad SMARTS) is 1. The fraction of sp³-hybridized carbons (Fsp3) is 0.333. The number of piperazine rings is 1. The Bertz CT molecular complexity index is 1110. The molecule has 1 aromatic heterocycles. The molecule has 3 aromatic rings. The van der Waals surface area contributed by atoms with Crippen LogP contribution in [0.5, 0.6) is 5.75 Å². The fourth-order valence-electron chi connectivity index (χ4n) is 3.81. The zero-order chi connectivity index (χ0) is 23.4. The summed E-state index contributed by atoms with van der Waals surface area (Å²) >= 11 is 7.65. The molecular formula is C24H25ClFN3O3S.